The predicted octanol–water partition coefficient (Wildman–Crippen LogP) is 2.34. The molecule has 0 spiro atoms. The highest BCUT2D eigenvalue weighted by Gasteiger charge is 2.30. The molecule has 6 N–H and O–H groups in total. The Morgan fingerprint density at radius 3 is 2.43 bits per heavy atom. The Hall–Kier alpha value is -3.64. The number of carbonyl (C=O) groups is 2. The molecule has 1 aromatic carbocycles. The minimum atomic E-state index is -0.334. The molecular weight excluding hydrogens is 400 g/mol. The van der Waals surface area contributed by atoms with Crippen LogP contribution in [0.2, 0.25) is 0 Å². The highest BCUT2D eigenvalue weighted by molar-refractivity contribution is 7.21. The largest absolute Gasteiger partial charge is 0.397 e. The number of nitrogens with zero attached hydrogens (tertiary/aromatic N) is 3. The van der Waals surface area contributed by atoms with E-state index >= 15 is 0 Å². The fourth-order valence-corrected chi connectivity index (χ4v) is 4.93. The van der Waals surface area contributed by atoms with E-state index in [4.69, 9.17) is 17.2 Å². The Morgan fingerprint density at radius 1 is 1.17 bits per heavy atom. The first-order valence-corrected chi connectivity index (χ1v) is 10.3. The van der Waals surface area contributed by atoms with Crippen molar-refractivity contribution >= 4 is 44.9 Å². The van der Waals surface area contributed by atoms with Gasteiger partial charge in [-0.2, -0.15) is 5.26 Å². The van der Waals surface area contributed by atoms with Crippen LogP contribution >= 0.6 is 11.3 Å². The van der Waals surface area contributed by atoms with Crippen molar-refractivity contribution in [1.29, 1.82) is 5.26 Å². The van der Waals surface area contributed by atoms with Crippen molar-refractivity contribution in [3.63, 3.8) is 0 Å². The average molecular weight is 420 g/mol. The zero-order valence-electron chi connectivity index (χ0n) is 16.1. The summed E-state index contributed by atoms with van der Waals surface area (Å²) in [6.07, 6.45) is 1.07. The molecule has 3 heterocycles. The second-order valence-electron chi connectivity index (χ2n) is 7.22. The predicted molar refractivity (Wildman–Crippen MR) is 116 cm³/mol. The Balaban J connectivity index is 1.81. The zero-order chi connectivity index (χ0) is 21.4. The lowest BCUT2D eigenvalue weighted by Crippen LogP contribution is -2.41. The number of hydrogen-bond donors (Lipinski definition) is 3. The van der Waals surface area contributed by atoms with E-state index < -0.39 is 0 Å². The van der Waals surface area contributed by atoms with Gasteiger partial charge in [-0.1, -0.05) is 30.3 Å². The number of carbonyl (C=O) groups excluding carboxylic acids is 2. The highest BCUT2D eigenvalue weighted by atomic mass is 32.1. The first-order valence-electron chi connectivity index (χ1n) is 9.48. The summed E-state index contributed by atoms with van der Waals surface area (Å²) < 4.78 is 0. The normalized spacial score (nSPS) is 14.6. The van der Waals surface area contributed by atoms with Gasteiger partial charge in [0.2, 0.25) is 5.91 Å². The number of primary amides is 1. The first kappa shape index (κ1) is 19.7. The number of fused-ring (bicyclic) bond motifs is 1. The first-order chi connectivity index (χ1) is 14.4. The molecule has 3 aromatic rings. The van der Waals surface area contributed by atoms with Gasteiger partial charge in [-0.25, -0.2) is 4.98 Å². The SMILES string of the molecule is N#Cc1c(N)nc2sc(C(=O)N3CCC(C(N)=O)CC3)c(N)c2c1-c1ccccc1. The van der Waals surface area contributed by atoms with Crippen molar-refractivity contribution in [2.75, 3.05) is 24.6 Å². The van der Waals surface area contributed by atoms with Gasteiger partial charge in [-0.3, -0.25) is 9.59 Å². The Bertz CT molecular complexity index is 1190. The number of nitrogen functional groups attached to an aromatic ring is 2. The van der Waals surface area contributed by atoms with E-state index in [1.165, 1.54) is 11.3 Å². The minimum Gasteiger partial charge on any atom is -0.397 e. The second kappa shape index (κ2) is 7.65. The van der Waals surface area contributed by atoms with E-state index in [0.717, 1.165) is 5.56 Å². The number of nitrogens with two attached hydrogens (primary N) is 3. The smallest absolute Gasteiger partial charge is 0.266 e. The number of benzene rings is 1. The summed E-state index contributed by atoms with van der Waals surface area (Å²) in [7, 11) is 0. The molecule has 0 aliphatic carbocycles. The lowest BCUT2D eigenvalue weighted by molar-refractivity contribution is -0.123. The third kappa shape index (κ3) is 3.21. The molecule has 1 aliphatic rings. The number of hydrogen-bond acceptors (Lipinski definition) is 7. The summed E-state index contributed by atoms with van der Waals surface area (Å²) >= 11 is 1.17. The van der Waals surface area contributed by atoms with Crippen molar-refractivity contribution < 1.29 is 9.59 Å². The Kier molecular flexibility index (Phi) is 5.01. The van der Waals surface area contributed by atoms with Crippen LogP contribution in [0.4, 0.5) is 11.5 Å². The second-order valence-corrected chi connectivity index (χ2v) is 8.22. The van der Waals surface area contributed by atoms with Crippen molar-refractivity contribution in [2.45, 2.75) is 12.8 Å². The zero-order valence-corrected chi connectivity index (χ0v) is 16.9. The number of aromatic nitrogens is 1. The number of nitriles is 1. The number of thiophene rings is 1. The third-order valence-electron chi connectivity index (χ3n) is 5.46. The fourth-order valence-electron chi connectivity index (χ4n) is 3.85. The summed E-state index contributed by atoms with van der Waals surface area (Å²) in [5.41, 5.74) is 19.8. The number of piperidine rings is 1. The maximum Gasteiger partial charge on any atom is 0.266 e. The van der Waals surface area contributed by atoms with E-state index in [9.17, 15) is 14.9 Å². The average Bonchev–Trinajstić information content (AvgIpc) is 3.08. The molecule has 1 fully saturated rings. The minimum absolute atomic E-state index is 0.103. The van der Waals surface area contributed by atoms with Gasteiger partial charge in [0, 0.05) is 30.0 Å². The van der Waals surface area contributed by atoms with Gasteiger partial charge in [-0.05, 0) is 18.4 Å². The molecule has 0 radical (unpaired) electrons. The van der Waals surface area contributed by atoms with Gasteiger partial charge in [0.15, 0.2) is 0 Å². The molecule has 152 valence electrons. The Labute approximate surface area is 176 Å². The van der Waals surface area contributed by atoms with Gasteiger partial charge >= 0.3 is 0 Å². The van der Waals surface area contributed by atoms with Gasteiger partial charge in [-0.15, -0.1) is 11.3 Å². The van der Waals surface area contributed by atoms with Crippen LogP contribution in [0.5, 0.6) is 0 Å². The molecular formula is C21H20N6O2S. The van der Waals surface area contributed by atoms with Gasteiger partial charge < -0.3 is 22.1 Å². The van der Waals surface area contributed by atoms with Crippen LogP contribution in [0, 0.1) is 17.2 Å². The van der Waals surface area contributed by atoms with Crippen LogP contribution in [-0.4, -0.2) is 34.8 Å². The summed E-state index contributed by atoms with van der Waals surface area (Å²) in [5, 5.41) is 10.2. The highest BCUT2D eigenvalue weighted by Crippen LogP contribution is 2.43. The van der Waals surface area contributed by atoms with Gasteiger partial charge in [0.1, 0.15) is 27.2 Å². The van der Waals surface area contributed by atoms with Gasteiger partial charge in [0.25, 0.3) is 5.91 Å². The van der Waals surface area contributed by atoms with Crippen LogP contribution in [0.15, 0.2) is 30.3 Å². The monoisotopic (exact) mass is 420 g/mol. The molecule has 2 aromatic heterocycles. The standard InChI is InChI=1S/C21H20N6O2S/c22-10-13-14(11-4-2-1-3-5-11)15-16(23)17(30-20(15)26-18(13)24)21(29)27-8-6-12(7-9-27)19(25)28/h1-5,12H,6-9,23H2,(H2,24,26)(H2,25,28). The third-order valence-corrected chi connectivity index (χ3v) is 6.55. The summed E-state index contributed by atoms with van der Waals surface area (Å²) in [6.45, 7) is 0.870. The Morgan fingerprint density at radius 2 is 1.83 bits per heavy atom. The molecule has 4 rings (SSSR count). The summed E-state index contributed by atoms with van der Waals surface area (Å²) in [6, 6.07) is 11.4. The van der Waals surface area contributed by atoms with Crippen LogP contribution in [-0.2, 0) is 4.79 Å². The molecule has 0 bridgehead atoms. The molecule has 0 atom stereocenters. The summed E-state index contributed by atoms with van der Waals surface area (Å²) in [4.78, 5) is 31.5. The number of rotatable bonds is 3. The van der Waals surface area contributed by atoms with Crippen LogP contribution in [0.1, 0.15) is 28.1 Å². The number of pyridine rings is 1. The molecule has 0 saturated carbocycles. The van der Waals surface area contributed by atoms with Crippen molar-refractivity contribution in [3.05, 3.63) is 40.8 Å². The molecule has 1 aliphatic heterocycles. The maximum absolute atomic E-state index is 13.2. The van der Waals surface area contributed by atoms with Crippen LogP contribution in [0.3, 0.4) is 0 Å². The van der Waals surface area contributed by atoms with E-state index in [0.29, 0.717) is 52.3 Å². The maximum atomic E-state index is 13.2. The topological polar surface area (TPSA) is 152 Å². The lowest BCUT2D eigenvalue weighted by atomic mass is 9.95. The van der Waals surface area contributed by atoms with Crippen molar-refractivity contribution in [2.24, 2.45) is 11.7 Å². The van der Waals surface area contributed by atoms with Crippen LogP contribution in [0.25, 0.3) is 21.3 Å². The molecule has 8 nitrogen and oxygen atoms in total. The number of anilines is 2. The molecule has 2 amide bonds. The van der Waals surface area contributed by atoms with E-state index in [2.05, 4.69) is 11.1 Å². The quantitative estimate of drug-likeness (QED) is 0.591. The molecule has 1 saturated heterocycles. The number of likely N-dealkylation sites (tertiary alicyclic amines) is 1. The van der Waals surface area contributed by atoms with E-state index in [1.54, 1.807) is 4.90 Å². The van der Waals surface area contributed by atoms with Gasteiger partial charge in [0.05, 0.1) is 5.69 Å². The van der Waals surface area contributed by atoms with Crippen molar-refractivity contribution in [1.82, 2.24) is 9.88 Å². The van der Waals surface area contributed by atoms with Crippen LogP contribution < -0.4 is 17.2 Å². The van der Waals surface area contributed by atoms with E-state index in [-0.39, 0.29) is 29.1 Å². The molecule has 30 heavy (non-hydrogen) atoms. The fraction of sp³-hybridized carbons (Fsp3) is 0.238. The summed E-state index contributed by atoms with van der Waals surface area (Å²) in [5.74, 6) is -0.654. The number of amides is 2. The van der Waals surface area contributed by atoms with E-state index in [1.807, 2.05) is 30.3 Å². The molecule has 9 heteroatoms. The van der Waals surface area contributed by atoms with Crippen molar-refractivity contribution in [3.8, 4) is 17.2 Å². The molecule has 0 unspecified atom stereocenters. The lowest BCUT2D eigenvalue weighted by Gasteiger charge is -2.30.